The van der Waals surface area contributed by atoms with Crippen LogP contribution < -0.4 is 5.73 Å². The molecule has 1 unspecified atom stereocenters. The quantitative estimate of drug-likeness (QED) is 0.725. The molecule has 0 aromatic carbocycles. The second-order valence-corrected chi connectivity index (χ2v) is 4.62. The van der Waals surface area contributed by atoms with Gasteiger partial charge in [0, 0.05) is 31.7 Å². The predicted molar refractivity (Wildman–Crippen MR) is 61.4 cm³/mol. The van der Waals surface area contributed by atoms with E-state index < -0.39 is 0 Å². The molecule has 1 heterocycles. The molecule has 0 saturated carbocycles. The molecule has 0 bridgehead atoms. The summed E-state index contributed by atoms with van der Waals surface area (Å²) >= 11 is 0. The Kier molecular flexibility index (Phi) is 4.85. The van der Waals surface area contributed by atoms with Crippen molar-refractivity contribution in [1.29, 1.82) is 0 Å². The molecule has 1 aliphatic heterocycles. The van der Waals surface area contributed by atoms with Crippen LogP contribution in [-0.2, 0) is 0 Å². The van der Waals surface area contributed by atoms with Crippen LogP contribution in [0.25, 0.3) is 0 Å². The maximum absolute atomic E-state index is 5.53. The van der Waals surface area contributed by atoms with Gasteiger partial charge in [-0.25, -0.2) is 0 Å². The Morgan fingerprint density at radius 1 is 1.36 bits per heavy atom. The van der Waals surface area contributed by atoms with Crippen LogP contribution in [0.5, 0.6) is 0 Å². The van der Waals surface area contributed by atoms with Crippen LogP contribution in [0.3, 0.4) is 0 Å². The normalized spacial score (nSPS) is 25.9. The molecule has 1 saturated heterocycles. The maximum atomic E-state index is 5.53. The molecular weight excluding hydrogens is 174 g/mol. The monoisotopic (exact) mass is 199 g/mol. The summed E-state index contributed by atoms with van der Waals surface area (Å²) < 4.78 is 0. The van der Waals surface area contributed by atoms with Crippen molar-refractivity contribution in [2.75, 3.05) is 32.7 Å². The topological polar surface area (TPSA) is 32.5 Å². The van der Waals surface area contributed by atoms with Gasteiger partial charge >= 0.3 is 0 Å². The van der Waals surface area contributed by atoms with Gasteiger partial charge < -0.3 is 5.73 Å². The van der Waals surface area contributed by atoms with E-state index >= 15 is 0 Å². The van der Waals surface area contributed by atoms with E-state index in [0.29, 0.717) is 12.1 Å². The van der Waals surface area contributed by atoms with E-state index in [0.717, 1.165) is 13.0 Å². The third-order valence-electron chi connectivity index (χ3n) is 3.18. The molecule has 0 aliphatic carbocycles. The Balaban J connectivity index is 2.32. The highest BCUT2D eigenvalue weighted by Crippen LogP contribution is 2.11. The molecule has 0 spiro atoms. The molecule has 3 nitrogen and oxygen atoms in total. The molecular formula is C11H25N3. The Morgan fingerprint density at radius 2 is 2.07 bits per heavy atom. The van der Waals surface area contributed by atoms with Gasteiger partial charge in [-0.05, 0) is 40.3 Å². The first-order valence-electron chi connectivity index (χ1n) is 5.83. The molecule has 84 valence electrons. The van der Waals surface area contributed by atoms with E-state index in [4.69, 9.17) is 5.73 Å². The van der Waals surface area contributed by atoms with Crippen LogP contribution in [0.2, 0.25) is 0 Å². The number of hydrogen-bond donors (Lipinski definition) is 1. The smallest absolute Gasteiger partial charge is 0.0195 e. The van der Waals surface area contributed by atoms with Crippen molar-refractivity contribution >= 4 is 0 Å². The Bertz CT molecular complexity index is 159. The fourth-order valence-corrected chi connectivity index (χ4v) is 2.12. The Hall–Kier alpha value is -0.120. The molecule has 14 heavy (non-hydrogen) atoms. The van der Waals surface area contributed by atoms with Crippen LogP contribution in [0, 0.1) is 0 Å². The summed E-state index contributed by atoms with van der Waals surface area (Å²) in [5, 5.41) is 0. The zero-order valence-corrected chi connectivity index (χ0v) is 9.87. The van der Waals surface area contributed by atoms with E-state index in [2.05, 4.69) is 30.6 Å². The van der Waals surface area contributed by atoms with Crippen LogP contribution in [0.15, 0.2) is 0 Å². The van der Waals surface area contributed by atoms with E-state index in [1.54, 1.807) is 0 Å². The Morgan fingerprint density at radius 3 is 2.57 bits per heavy atom. The number of rotatable bonds is 4. The van der Waals surface area contributed by atoms with Gasteiger partial charge in [-0.3, -0.25) is 9.80 Å². The highest BCUT2D eigenvalue weighted by atomic mass is 15.3. The first-order valence-corrected chi connectivity index (χ1v) is 5.83. The Labute approximate surface area is 88.2 Å². The summed E-state index contributed by atoms with van der Waals surface area (Å²) in [5.41, 5.74) is 5.53. The lowest BCUT2D eigenvalue weighted by molar-refractivity contribution is 0.0645. The highest BCUT2D eigenvalue weighted by Gasteiger charge is 2.23. The summed E-state index contributed by atoms with van der Waals surface area (Å²) in [6.45, 7) is 12.5. The maximum Gasteiger partial charge on any atom is 0.0195 e. The second kappa shape index (κ2) is 5.69. The number of hydrogen-bond acceptors (Lipinski definition) is 3. The number of nitrogens with two attached hydrogens (primary N) is 1. The van der Waals surface area contributed by atoms with Crippen molar-refractivity contribution in [3.05, 3.63) is 0 Å². The van der Waals surface area contributed by atoms with Crippen LogP contribution >= 0.6 is 0 Å². The summed E-state index contributed by atoms with van der Waals surface area (Å²) in [5.74, 6) is 0. The fraction of sp³-hybridized carbons (Fsp3) is 1.00. The minimum atomic E-state index is 0.689. The first kappa shape index (κ1) is 12.0. The fourth-order valence-electron chi connectivity index (χ4n) is 2.12. The predicted octanol–water partition coefficient (Wildman–Crippen LogP) is 0.750. The van der Waals surface area contributed by atoms with Gasteiger partial charge in [-0.1, -0.05) is 0 Å². The lowest BCUT2D eigenvalue weighted by atomic mass is 10.1. The van der Waals surface area contributed by atoms with Gasteiger partial charge in [0.15, 0.2) is 0 Å². The van der Waals surface area contributed by atoms with Crippen molar-refractivity contribution in [1.82, 2.24) is 9.80 Å². The van der Waals surface area contributed by atoms with E-state index in [1.165, 1.54) is 26.2 Å². The van der Waals surface area contributed by atoms with Crippen molar-refractivity contribution < 1.29 is 0 Å². The number of piperazine rings is 1. The van der Waals surface area contributed by atoms with Crippen molar-refractivity contribution in [2.24, 2.45) is 5.73 Å². The molecule has 0 amide bonds. The third kappa shape index (κ3) is 3.23. The minimum absolute atomic E-state index is 0.689. The zero-order valence-electron chi connectivity index (χ0n) is 9.87. The lowest BCUT2D eigenvalue weighted by Gasteiger charge is -2.41. The average molecular weight is 199 g/mol. The third-order valence-corrected chi connectivity index (χ3v) is 3.18. The summed E-state index contributed by atoms with van der Waals surface area (Å²) in [6, 6.07) is 1.38. The van der Waals surface area contributed by atoms with Crippen molar-refractivity contribution in [3.8, 4) is 0 Å². The molecule has 3 heteroatoms. The first-order chi connectivity index (χ1) is 6.65. The summed E-state index contributed by atoms with van der Waals surface area (Å²) in [7, 11) is 0. The largest absolute Gasteiger partial charge is 0.330 e. The van der Waals surface area contributed by atoms with Crippen LogP contribution in [-0.4, -0.2) is 54.6 Å². The SMILES string of the molecule is CC(C)N1CCN(CCCN)C(C)C1. The zero-order chi connectivity index (χ0) is 10.6. The van der Waals surface area contributed by atoms with Gasteiger partial charge in [0.2, 0.25) is 0 Å². The molecule has 2 N–H and O–H groups in total. The highest BCUT2D eigenvalue weighted by molar-refractivity contribution is 4.80. The van der Waals surface area contributed by atoms with Gasteiger partial charge in [-0.15, -0.1) is 0 Å². The number of nitrogens with zero attached hydrogens (tertiary/aromatic N) is 2. The van der Waals surface area contributed by atoms with E-state index in [1.807, 2.05) is 0 Å². The van der Waals surface area contributed by atoms with Gasteiger partial charge in [0.25, 0.3) is 0 Å². The molecule has 1 fully saturated rings. The van der Waals surface area contributed by atoms with Crippen LogP contribution in [0.1, 0.15) is 27.2 Å². The van der Waals surface area contributed by atoms with Crippen LogP contribution in [0.4, 0.5) is 0 Å². The molecule has 0 aromatic rings. The molecule has 1 rings (SSSR count). The standard InChI is InChI=1S/C11H25N3/c1-10(2)14-8-7-13(6-4-5-12)11(3)9-14/h10-11H,4-9,12H2,1-3H3. The molecule has 0 radical (unpaired) electrons. The van der Waals surface area contributed by atoms with Crippen molar-refractivity contribution in [2.45, 2.75) is 39.3 Å². The van der Waals surface area contributed by atoms with Crippen molar-refractivity contribution in [3.63, 3.8) is 0 Å². The molecule has 0 aromatic heterocycles. The second-order valence-electron chi connectivity index (χ2n) is 4.62. The van der Waals surface area contributed by atoms with E-state index in [-0.39, 0.29) is 0 Å². The summed E-state index contributed by atoms with van der Waals surface area (Å²) in [6.07, 6.45) is 1.13. The molecule has 1 atom stereocenters. The minimum Gasteiger partial charge on any atom is -0.330 e. The van der Waals surface area contributed by atoms with Gasteiger partial charge in [0.1, 0.15) is 0 Å². The van der Waals surface area contributed by atoms with Gasteiger partial charge in [0.05, 0.1) is 0 Å². The summed E-state index contributed by atoms with van der Waals surface area (Å²) in [4.78, 5) is 5.12. The van der Waals surface area contributed by atoms with E-state index in [9.17, 15) is 0 Å². The molecule has 1 aliphatic rings. The average Bonchev–Trinajstić information content (AvgIpc) is 2.15. The van der Waals surface area contributed by atoms with Gasteiger partial charge in [-0.2, -0.15) is 0 Å². The lowest BCUT2D eigenvalue weighted by Crippen LogP contribution is -2.53.